The number of hydrogen-bond acceptors (Lipinski definition) is 9. The predicted molar refractivity (Wildman–Crippen MR) is 180 cm³/mol. The molecule has 1 N–H and O–H groups in total. The van der Waals surface area contributed by atoms with E-state index >= 15 is 0 Å². The fourth-order valence-corrected chi connectivity index (χ4v) is 8.66. The maximum atomic E-state index is 10.2. The molecule has 0 radical (unpaired) electrons. The van der Waals surface area contributed by atoms with Crippen molar-refractivity contribution in [1.82, 2.24) is 24.4 Å². The first-order valence-corrected chi connectivity index (χ1v) is 17.0. The van der Waals surface area contributed by atoms with Crippen LogP contribution < -0.4 is 14.4 Å². The lowest BCUT2D eigenvalue weighted by Gasteiger charge is -2.54. The number of rotatable bonds is 9. The molecular weight excluding hydrogens is 590 g/mol. The largest absolute Gasteiger partial charge is 0.491 e. The third-order valence-electron chi connectivity index (χ3n) is 11.1. The van der Waals surface area contributed by atoms with Crippen molar-refractivity contribution in [1.29, 1.82) is 5.26 Å². The number of aliphatic hydroxyl groups is 1. The van der Waals surface area contributed by atoms with Crippen LogP contribution in [0.15, 0.2) is 61.1 Å². The first-order valence-electron chi connectivity index (χ1n) is 17.0. The van der Waals surface area contributed by atoms with Crippen LogP contribution in [0.1, 0.15) is 49.7 Å². The van der Waals surface area contributed by atoms with Gasteiger partial charge in [0.05, 0.1) is 36.7 Å². The highest BCUT2D eigenvalue weighted by Gasteiger charge is 2.44. The van der Waals surface area contributed by atoms with Crippen molar-refractivity contribution >= 4 is 11.2 Å². The quantitative estimate of drug-likeness (QED) is 0.280. The van der Waals surface area contributed by atoms with Gasteiger partial charge in [-0.05, 0) is 73.3 Å². The SMILES string of the molecule is COc1ccc(CN2CC3(CCN(c4ccc(-c5cc(OCCN6[C@@H]7CC[C@H]6C[C@@H](O)C7)cn6ncc(C#N)c56)cc4)CC3)C2)cn1. The Bertz CT molecular complexity index is 1740. The average molecular weight is 634 g/mol. The van der Waals surface area contributed by atoms with Gasteiger partial charge in [-0.25, -0.2) is 9.50 Å². The predicted octanol–water partition coefficient (Wildman–Crippen LogP) is 4.75. The van der Waals surface area contributed by atoms with Crippen molar-refractivity contribution in [3.05, 3.63) is 72.2 Å². The molecule has 244 valence electrons. The average Bonchev–Trinajstić information content (AvgIpc) is 3.61. The Balaban J connectivity index is 0.908. The maximum absolute atomic E-state index is 10.2. The monoisotopic (exact) mass is 633 g/mol. The molecule has 0 saturated carbocycles. The normalized spacial score (nSPS) is 23.9. The Morgan fingerprint density at radius 2 is 1.79 bits per heavy atom. The van der Waals surface area contributed by atoms with E-state index in [9.17, 15) is 10.4 Å². The van der Waals surface area contributed by atoms with Gasteiger partial charge < -0.3 is 19.5 Å². The topological polar surface area (TPSA) is 102 Å². The Labute approximate surface area is 276 Å². The van der Waals surface area contributed by atoms with Crippen molar-refractivity contribution < 1.29 is 14.6 Å². The molecule has 4 saturated heterocycles. The molecule has 3 atom stereocenters. The number of hydrogen-bond donors (Lipinski definition) is 1. The van der Waals surface area contributed by atoms with Gasteiger partial charge in [-0.1, -0.05) is 18.2 Å². The highest BCUT2D eigenvalue weighted by Crippen LogP contribution is 2.42. The number of aromatic nitrogens is 3. The zero-order chi connectivity index (χ0) is 32.0. The van der Waals surface area contributed by atoms with Gasteiger partial charge in [-0.3, -0.25) is 9.80 Å². The number of ether oxygens (including phenoxy) is 2. The Morgan fingerprint density at radius 3 is 2.47 bits per heavy atom. The molecule has 0 aliphatic carbocycles. The smallest absolute Gasteiger partial charge is 0.212 e. The molecule has 0 unspecified atom stereocenters. The van der Waals surface area contributed by atoms with Gasteiger partial charge in [-0.15, -0.1) is 0 Å². The second-order valence-electron chi connectivity index (χ2n) is 14.0. The zero-order valence-electron chi connectivity index (χ0n) is 27.1. The number of fused-ring (bicyclic) bond motifs is 3. The van der Waals surface area contributed by atoms with E-state index in [0.29, 0.717) is 35.5 Å². The van der Waals surface area contributed by atoms with Crippen LogP contribution in [0.2, 0.25) is 0 Å². The van der Waals surface area contributed by atoms with E-state index in [1.165, 1.54) is 36.9 Å². The third kappa shape index (κ3) is 5.93. The van der Waals surface area contributed by atoms with Gasteiger partial charge >= 0.3 is 0 Å². The summed E-state index contributed by atoms with van der Waals surface area (Å²) >= 11 is 0. The molecule has 0 amide bonds. The number of methoxy groups -OCH3 is 1. The molecule has 10 heteroatoms. The molecule has 1 spiro atoms. The lowest BCUT2D eigenvalue weighted by atomic mass is 9.72. The number of nitriles is 1. The number of benzene rings is 1. The summed E-state index contributed by atoms with van der Waals surface area (Å²) in [5, 5.41) is 24.5. The van der Waals surface area contributed by atoms with Gasteiger partial charge in [-0.2, -0.15) is 10.4 Å². The fraction of sp³-hybridized carbons (Fsp3) is 0.486. The highest BCUT2D eigenvalue weighted by molar-refractivity contribution is 5.85. The number of pyridine rings is 2. The standard InChI is InChI=1S/C37H43N7O3/c1-46-35-9-2-26(20-39-35)22-41-24-37(25-41)10-12-42(13-11-37)29-5-3-27(4-6-29)34-18-33(23-44-36(34)28(19-38)21-40-44)47-15-14-43-30-7-8-31(43)17-32(45)16-30/h2-6,9,18,20-21,23,30-32,45H,7-8,10-17,22,24-25H2,1H3/t30-,31+,32+. The van der Waals surface area contributed by atoms with Crippen LogP contribution in [-0.2, 0) is 6.54 Å². The number of anilines is 1. The van der Waals surface area contributed by atoms with Crippen molar-refractivity contribution in [3.8, 4) is 28.8 Å². The zero-order valence-corrected chi connectivity index (χ0v) is 27.1. The molecule has 4 fully saturated rings. The fourth-order valence-electron chi connectivity index (χ4n) is 8.66. The van der Waals surface area contributed by atoms with Crippen molar-refractivity contribution in [2.45, 2.75) is 63.3 Å². The lowest BCUT2D eigenvalue weighted by Crippen LogP contribution is -2.59. The van der Waals surface area contributed by atoms with E-state index in [2.05, 4.69) is 67.2 Å². The van der Waals surface area contributed by atoms with E-state index in [4.69, 9.17) is 9.47 Å². The van der Waals surface area contributed by atoms with E-state index in [0.717, 1.165) is 74.5 Å². The van der Waals surface area contributed by atoms with E-state index < -0.39 is 0 Å². The summed E-state index contributed by atoms with van der Waals surface area (Å²) in [6.45, 7) is 6.78. The molecule has 47 heavy (non-hydrogen) atoms. The van der Waals surface area contributed by atoms with Gasteiger partial charge in [0.1, 0.15) is 18.4 Å². The first kappa shape index (κ1) is 30.2. The summed E-state index contributed by atoms with van der Waals surface area (Å²) in [6, 6.07) is 18.1. The van der Waals surface area contributed by atoms with E-state index in [1.54, 1.807) is 17.8 Å². The third-order valence-corrected chi connectivity index (χ3v) is 11.1. The molecule has 2 bridgehead atoms. The molecule has 4 aliphatic rings. The van der Waals surface area contributed by atoms with Gasteiger partial charge in [0, 0.05) is 74.9 Å². The highest BCUT2D eigenvalue weighted by atomic mass is 16.5. The van der Waals surface area contributed by atoms with Crippen molar-refractivity contribution in [2.75, 3.05) is 51.3 Å². The van der Waals surface area contributed by atoms with Crippen LogP contribution in [0.25, 0.3) is 16.6 Å². The number of likely N-dealkylation sites (tertiary alicyclic amines) is 1. The van der Waals surface area contributed by atoms with Crippen LogP contribution in [0.3, 0.4) is 0 Å². The molecule has 4 aliphatic heterocycles. The summed E-state index contributed by atoms with van der Waals surface area (Å²) < 4.78 is 13.3. The minimum Gasteiger partial charge on any atom is -0.491 e. The minimum atomic E-state index is -0.162. The number of piperidine rings is 2. The summed E-state index contributed by atoms with van der Waals surface area (Å²) in [5.41, 5.74) is 6.24. The molecule has 7 heterocycles. The van der Waals surface area contributed by atoms with Gasteiger partial charge in [0.15, 0.2) is 0 Å². The molecule has 10 nitrogen and oxygen atoms in total. The summed E-state index contributed by atoms with van der Waals surface area (Å²) in [4.78, 5) is 11.9. The lowest BCUT2D eigenvalue weighted by molar-refractivity contribution is -0.0240. The molecule has 8 rings (SSSR count). The van der Waals surface area contributed by atoms with Gasteiger partial charge in [0.25, 0.3) is 0 Å². The first-order chi connectivity index (χ1) is 23.0. The van der Waals surface area contributed by atoms with E-state index in [1.807, 2.05) is 18.5 Å². The second kappa shape index (κ2) is 12.5. The Hall–Kier alpha value is -4.17. The van der Waals surface area contributed by atoms with Crippen molar-refractivity contribution in [2.24, 2.45) is 5.41 Å². The molecule has 4 aromatic rings. The van der Waals surface area contributed by atoms with E-state index in [-0.39, 0.29) is 6.10 Å². The van der Waals surface area contributed by atoms with Crippen molar-refractivity contribution in [3.63, 3.8) is 0 Å². The summed E-state index contributed by atoms with van der Waals surface area (Å²) in [6.07, 6.45) is 11.7. The number of nitrogens with zero attached hydrogens (tertiary/aromatic N) is 7. The minimum absolute atomic E-state index is 0.162. The van der Waals surface area contributed by atoms with Crippen LogP contribution >= 0.6 is 0 Å². The van der Waals surface area contributed by atoms with Crippen LogP contribution in [-0.4, -0.2) is 94.1 Å². The maximum Gasteiger partial charge on any atom is 0.212 e. The number of aliphatic hydroxyl groups excluding tert-OH is 1. The van der Waals surface area contributed by atoms with Crippen LogP contribution in [0.5, 0.6) is 11.6 Å². The van der Waals surface area contributed by atoms with Crippen LogP contribution in [0, 0.1) is 16.7 Å². The molecule has 3 aromatic heterocycles. The molecule has 1 aromatic carbocycles. The second-order valence-corrected chi connectivity index (χ2v) is 14.0. The Morgan fingerprint density at radius 1 is 1.02 bits per heavy atom. The summed E-state index contributed by atoms with van der Waals surface area (Å²) in [5.74, 6) is 1.40. The summed E-state index contributed by atoms with van der Waals surface area (Å²) in [7, 11) is 1.65. The Kier molecular flexibility index (Phi) is 8.00. The van der Waals surface area contributed by atoms with Gasteiger partial charge in [0.2, 0.25) is 5.88 Å². The van der Waals surface area contributed by atoms with Crippen LogP contribution in [0.4, 0.5) is 5.69 Å². The molecular formula is C37H43N7O3.